The van der Waals surface area contributed by atoms with Gasteiger partial charge in [-0.15, -0.1) is 0 Å². The Morgan fingerprint density at radius 1 is 1.16 bits per heavy atom. The molecule has 0 unspecified atom stereocenters. The molecule has 1 aromatic heterocycles. The van der Waals surface area contributed by atoms with Gasteiger partial charge in [-0.3, -0.25) is 4.79 Å². The second kappa shape index (κ2) is 7.86. The van der Waals surface area contributed by atoms with Crippen LogP contribution < -0.4 is 5.32 Å². The number of hydrogen-bond donors (Lipinski definition) is 1. The standard InChI is InChI=1S/C17H28N4O3S/c1-20-12-16(18-13-20)25(23,24)21-10-6-7-14(11-21)17(22)19-15-8-4-2-3-5-9-15/h12-15H,2-11H2,1H3,(H,19,22)/t14-/m1/s1. The number of rotatable bonds is 4. The van der Waals surface area contributed by atoms with Crippen LogP contribution in [0.1, 0.15) is 51.4 Å². The summed E-state index contributed by atoms with van der Waals surface area (Å²) in [6.07, 6.45) is 11.3. The second-order valence-electron chi connectivity index (χ2n) is 7.28. The zero-order valence-electron chi connectivity index (χ0n) is 14.9. The lowest BCUT2D eigenvalue weighted by molar-refractivity contribution is -0.126. The first-order valence-electron chi connectivity index (χ1n) is 9.25. The highest BCUT2D eigenvalue weighted by atomic mass is 32.2. The van der Waals surface area contributed by atoms with Crippen molar-refractivity contribution in [2.45, 2.75) is 62.4 Å². The quantitative estimate of drug-likeness (QED) is 0.819. The van der Waals surface area contributed by atoms with E-state index in [1.54, 1.807) is 11.6 Å². The Kier molecular flexibility index (Phi) is 5.78. The monoisotopic (exact) mass is 368 g/mol. The number of nitrogens with one attached hydrogen (secondary N) is 1. The van der Waals surface area contributed by atoms with Gasteiger partial charge in [0.2, 0.25) is 5.91 Å². The average molecular weight is 369 g/mol. The number of sulfonamides is 1. The number of amides is 1. The fourth-order valence-corrected chi connectivity index (χ4v) is 5.26. The molecular weight excluding hydrogens is 340 g/mol. The molecule has 2 aliphatic rings. The number of carbonyl (C=O) groups is 1. The minimum absolute atomic E-state index is 0.00724. The van der Waals surface area contributed by atoms with Crippen molar-refractivity contribution in [3.05, 3.63) is 12.5 Å². The molecule has 140 valence electrons. The molecule has 1 atom stereocenters. The highest BCUT2D eigenvalue weighted by Gasteiger charge is 2.34. The Morgan fingerprint density at radius 2 is 1.88 bits per heavy atom. The molecule has 25 heavy (non-hydrogen) atoms. The molecule has 7 nitrogen and oxygen atoms in total. The Balaban J connectivity index is 1.63. The largest absolute Gasteiger partial charge is 0.353 e. The van der Waals surface area contributed by atoms with Crippen LogP contribution in [0.15, 0.2) is 17.6 Å². The molecule has 1 amide bonds. The number of carbonyl (C=O) groups excluding carboxylic acids is 1. The van der Waals surface area contributed by atoms with Crippen LogP contribution in [0.5, 0.6) is 0 Å². The maximum Gasteiger partial charge on any atom is 0.262 e. The van der Waals surface area contributed by atoms with E-state index in [9.17, 15) is 13.2 Å². The van der Waals surface area contributed by atoms with Gasteiger partial charge in [0, 0.05) is 32.4 Å². The first-order valence-corrected chi connectivity index (χ1v) is 10.7. The van der Waals surface area contributed by atoms with Gasteiger partial charge in [-0.25, -0.2) is 13.4 Å². The minimum atomic E-state index is -3.63. The second-order valence-corrected chi connectivity index (χ2v) is 9.16. The van der Waals surface area contributed by atoms with E-state index in [1.165, 1.54) is 29.7 Å². The Bertz CT molecular complexity index is 693. The number of nitrogens with zero attached hydrogens (tertiary/aromatic N) is 3. The van der Waals surface area contributed by atoms with E-state index in [2.05, 4.69) is 10.3 Å². The van der Waals surface area contributed by atoms with Crippen molar-refractivity contribution in [3.63, 3.8) is 0 Å². The topological polar surface area (TPSA) is 84.3 Å². The van der Waals surface area contributed by atoms with Gasteiger partial charge in [0.15, 0.2) is 5.03 Å². The molecule has 1 aliphatic heterocycles. The van der Waals surface area contributed by atoms with Crippen molar-refractivity contribution < 1.29 is 13.2 Å². The maximum atomic E-state index is 12.7. The van der Waals surface area contributed by atoms with Crippen molar-refractivity contribution in [2.24, 2.45) is 13.0 Å². The Morgan fingerprint density at radius 3 is 2.52 bits per heavy atom. The summed E-state index contributed by atoms with van der Waals surface area (Å²) in [7, 11) is -1.88. The summed E-state index contributed by atoms with van der Waals surface area (Å²) < 4.78 is 28.5. The third-order valence-corrected chi connectivity index (χ3v) is 6.99. The molecule has 1 saturated heterocycles. The number of hydrogen-bond acceptors (Lipinski definition) is 4. The zero-order valence-corrected chi connectivity index (χ0v) is 15.7. The molecule has 2 heterocycles. The highest BCUT2D eigenvalue weighted by Crippen LogP contribution is 2.24. The molecule has 1 aromatic rings. The van der Waals surface area contributed by atoms with Gasteiger partial charge in [0.1, 0.15) is 0 Å². The van der Waals surface area contributed by atoms with E-state index in [0.717, 1.165) is 32.1 Å². The Labute approximate surface area is 149 Å². The van der Waals surface area contributed by atoms with E-state index in [1.807, 2.05) is 0 Å². The van der Waals surface area contributed by atoms with Gasteiger partial charge in [-0.05, 0) is 25.7 Å². The van der Waals surface area contributed by atoms with Gasteiger partial charge >= 0.3 is 0 Å². The lowest BCUT2D eigenvalue weighted by Gasteiger charge is -2.31. The van der Waals surface area contributed by atoms with Crippen LogP contribution in [0.25, 0.3) is 0 Å². The molecule has 1 N–H and O–H groups in total. The van der Waals surface area contributed by atoms with Crippen LogP contribution in [0, 0.1) is 5.92 Å². The predicted octanol–water partition coefficient (Wildman–Crippen LogP) is 1.66. The van der Waals surface area contributed by atoms with E-state index in [-0.39, 0.29) is 29.4 Å². The van der Waals surface area contributed by atoms with Crippen molar-refractivity contribution >= 4 is 15.9 Å². The van der Waals surface area contributed by atoms with Crippen LogP contribution in [0.4, 0.5) is 0 Å². The Hall–Kier alpha value is -1.41. The summed E-state index contributed by atoms with van der Waals surface area (Å²) in [5.74, 6) is -0.261. The van der Waals surface area contributed by atoms with E-state index < -0.39 is 10.0 Å². The first kappa shape index (κ1) is 18.4. The van der Waals surface area contributed by atoms with Crippen LogP contribution in [-0.2, 0) is 21.9 Å². The van der Waals surface area contributed by atoms with Crippen molar-refractivity contribution in [2.75, 3.05) is 13.1 Å². The van der Waals surface area contributed by atoms with E-state index in [4.69, 9.17) is 0 Å². The molecule has 1 saturated carbocycles. The van der Waals surface area contributed by atoms with Crippen molar-refractivity contribution in [1.82, 2.24) is 19.2 Å². The number of aryl methyl sites for hydroxylation is 1. The zero-order chi connectivity index (χ0) is 17.9. The highest BCUT2D eigenvalue weighted by molar-refractivity contribution is 7.89. The van der Waals surface area contributed by atoms with E-state index >= 15 is 0 Å². The number of aromatic nitrogens is 2. The summed E-state index contributed by atoms with van der Waals surface area (Å²) in [5.41, 5.74) is 0. The molecular formula is C17H28N4O3S. The molecule has 1 aliphatic carbocycles. The smallest absolute Gasteiger partial charge is 0.262 e. The molecule has 3 rings (SSSR count). The number of imidazole rings is 1. The molecule has 2 fully saturated rings. The molecule has 0 radical (unpaired) electrons. The normalized spacial score (nSPS) is 24.0. The average Bonchev–Trinajstić information content (AvgIpc) is 2.89. The van der Waals surface area contributed by atoms with Gasteiger partial charge < -0.3 is 9.88 Å². The molecule has 8 heteroatoms. The van der Waals surface area contributed by atoms with E-state index in [0.29, 0.717) is 13.0 Å². The van der Waals surface area contributed by atoms with Gasteiger partial charge in [-0.2, -0.15) is 4.31 Å². The first-order chi connectivity index (χ1) is 12.0. The van der Waals surface area contributed by atoms with Crippen molar-refractivity contribution in [3.8, 4) is 0 Å². The fourth-order valence-electron chi connectivity index (χ4n) is 3.77. The lowest BCUT2D eigenvalue weighted by atomic mass is 9.97. The van der Waals surface area contributed by atoms with Crippen LogP contribution in [0.3, 0.4) is 0 Å². The van der Waals surface area contributed by atoms with Crippen LogP contribution in [0.2, 0.25) is 0 Å². The summed E-state index contributed by atoms with van der Waals surface area (Å²) >= 11 is 0. The number of piperidine rings is 1. The molecule has 0 aromatic carbocycles. The van der Waals surface area contributed by atoms with Gasteiger partial charge in [0.25, 0.3) is 10.0 Å². The summed E-state index contributed by atoms with van der Waals surface area (Å²) in [4.78, 5) is 16.6. The van der Waals surface area contributed by atoms with Crippen LogP contribution >= 0.6 is 0 Å². The van der Waals surface area contributed by atoms with Gasteiger partial charge in [0.05, 0.1) is 12.2 Å². The SMILES string of the molecule is Cn1cnc(S(=O)(=O)N2CCC[C@@H](C(=O)NC3CCCCCC3)C2)c1. The molecule has 0 spiro atoms. The third kappa shape index (κ3) is 4.41. The summed E-state index contributed by atoms with van der Waals surface area (Å²) in [5, 5.41) is 3.22. The minimum Gasteiger partial charge on any atom is -0.353 e. The fraction of sp³-hybridized carbons (Fsp3) is 0.765. The lowest BCUT2D eigenvalue weighted by Crippen LogP contribution is -2.47. The predicted molar refractivity (Wildman–Crippen MR) is 94.3 cm³/mol. The maximum absolute atomic E-state index is 12.7. The van der Waals surface area contributed by atoms with Gasteiger partial charge in [-0.1, -0.05) is 25.7 Å². The summed E-state index contributed by atoms with van der Waals surface area (Å²) in [6.45, 7) is 0.698. The van der Waals surface area contributed by atoms with Crippen LogP contribution in [-0.4, -0.2) is 47.3 Å². The summed E-state index contributed by atoms with van der Waals surface area (Å²) in [6, 6.07) is 0.248. The molecule has 0 bridgehead atoms. The third-order valence-electron chi connectivity index (χ3n) is 5.24. The van der Waals surface area contributed by atoms with Crippen molar-refractivity contribution in [1.29, 1.82) is 0 Å².